The maximum absolute atomic E-state index is 11.4. The van der Waals surface area contributed by atoms with Crippen molar-refractivity contribution in [3.63, 3.8) is 0 Å². The van der Waals surface area contributed by atoms with Gasteiger partial charge in [0.25, 0.3) is 0 Å². The summed E-state index contributed by atoms with van der Waals surface area (Å²) in [5.74, 6) is -0.134. The third-order valence-electron chi connectivity index (χ3n) is 2.29. The van der Waals surface area contributed by atoms with E-state index in [9.17, 15) is 4.79 Å². The number of hydrogen-bond acceptors (Lipinski definition) is 3. The van der Waals surface area contributed by atoms with E-state index in [0.717, 1.165) is 5.56 Å². The van der Waals surface area contributed by atoms with Gasteiger partial charge in [-0.1, -0.05) is 30.3 Å². The van der Waals surface area contributed by atoms with Gasteiger partial charge >= 0.3 is 0 Å². The minimum atomic E-state index is -0.181. The molecule has 3 N–H and O–H groups in total. The summed E-state index contributed by atoms with van der Waals surface area (Å²) in [5, 5.41) is 2.75. The number of carbonyl (C=O) groups is 1. The van der Waals surface area contributed by atoms with E-state index in [0.29, 0.717) is 6.54 Å². The molecule has 0 fully saturated rings. The Morgan fingerprint density at radius 3 is 2.59 bits per heavy atom. The predicted octanol–water partition coefficient (Wildman–Crippen LogP) is 1.23. The molecule has 1 unspecified atom stereocenters. The summed E-state index contributed by atoms with van der Waals surface area (Å²) in [5.41, 5.74) is 6.96. The van der Waals surface area contributed by atoms with Crippen LogP contribution in [0.25, 0.3) is 0 Å². The first-order chi connectivity index (χ1) is 8.09. The number of ether oxygens (including phenoxy) is 1. The van der Waals surface area contributed by atoms with Crippen molar-refractivity contribution in [1.82, 2.24) is 5.32 Å². The molecule has 0 saturated heterocycles. The number of amides is 1. The lowest BCUT2D eigenvalue weighted by molar-refractivity contribution is -0.127. The summed E-state index contributed by atoms with van der Waals surface area (Å²) in [7, 11) is 0. The van der Waals surface area contributed by atoms with Gasteiger partial charge in [-0.15, -0.1) is 0 Å². The molecule has 0 spiro atoms. The number of nitrogens with one attached hydrogen (secondary N) is 1. The van der Waals surface area contributed by atoms with Gasteiger partial charge in [0.05, 0.1) is 6.10 Å². The van der Waals surface area contributed by atoms with E-state index in [4.69, 9.17) is 10.5 Å². The fraction of sp³-hybridized carbons (Fsp3) is 0.462. The van der Waals surface area contributed by atoms with Gasteiger partial charge in [0, 0.05) is 12.6 Å². The summed E-state index contributed by atoms with van der Waals surface area (Å²) < 4.78 is 5.19. The summed E-state index contributed by atoms with van der Waals surface area (Å²) in [6.45, 7) is 4.29. The molecule has 0 bridgehead atoms. The average Bonchev–Trinajstić information content (AvgIpc) is 2.34. The van der Waals surface area contributed by atoms with Crippen LogP contribution in [0.4, 0.5) is 0 Å². The van der Waals surface area contributed by atoms with Crippen LogP contribution in [0.5, 0.6) is 0 Å². The maximum atomic E-state index is 11.4. The number of nitrogens with two attached hydrogens (primary N) is 1. The summed E-state index contributed by atoms with van der Waals surface area (Å²) in [6.07, 6.45) is 0.0588. The molecule has 0 aliphatic carbocycles. The Hall–Kier alpha value is -1.39. The molecule has 1 aromatic rings. The van der Waals surface area contributed by atoms with E-state index in [2.05, 4.69) is 5.32 Å². The Labute approximate surface area is 102 Å². The Morgan fingerprint density at radius 1 is 1.35 bits per heavy atom. The molecular formula is C13H20N2O2. The van der Waals surface area contributed by atoms with Crippen molar-refractivity contribution in [3.05, 3.63) is 35.9 Å². The van der Waals surface area contributed by atoms with E-state index in [1.165, 1.54) is 0 Å². The lowest BCUT2D eigenvalue weighted by Crippen LogP contribution is -2.34. The summed E-state index contributed by atoms with van der Waals surface area (Å²) in [6, 6.07) is 9.51. The largest absolute Gasteiger partial charge is 0.369 e. The molecular weight excluding hydrogens is 216 g/mol. The fourth-order valence-corrected chi connectivity index (χ4v) is 1.34. The Morgan fingerprint density at radius 2 is 2.00 bits per heavy atom. The third-order valence-corrected chi connectivity index (χ3v) is 2.29. The van der Waals surface area contributed by atoms with Crippen LogP contribution in [-0.2, 0) is 9.53 Å². The van der Waals surface area contributed by atoms with Gasteiger partial charge in [0.1, 0.15) is 6.61 Å². The summed E-state index contributed by atoms with van der Waals surface area (Å²) >= 11 is 0. The Balaban J connectivity index is 2.29. The second-order valence-corrected chi connectivity index (χ2v) is 4.18. The number of carbonyl (C=O) groups excluding carboxylic acids is 1. The SMILES string of the molecule is CC(C)OCC(=O)NCC(N)c1ccccc1. The molecule has 1 atom stereocenters. The molecule has 0 aliphatic rings. The molecule has 1 aromatic carbocycles. The number of rotatable bonds is 6. The highest BCUT2D eigenvalue weighted by Crippen LogP contribution is 2.07. The standard InChI is InChI=1S/C13H20N2O2/c1-10(2)17-9-13(16)15-8-12(14)11-6-4-3-5-7-11/h3-7,10,12H,8-9,14H2,1-2H3,(H,15,16). The normalized spacial score (nSPS) is 12.5. The van der Waals surface area contributed by atoms with Crippen LogP contribution < -0.4 is 11.1 Å². The first kappa shape index (κ1) is 13.7. The van der Waals surface area contributed by atoms with Gasteiger partial charge < -0.3 is 15.8 Å². The van der Waals surface area contributed by atoms with Crippen molar-refractivity contribution < 1.29 is 9.53 Å². The lowest BCUT2D eigenvalue weighted by atomic mass is 10.1. The molecule has 0 heterocycles. The highest BCUT2D eigenvalue weighted by atomic mass is 16.5. The third kappa shape index (κ3) is 5.47. The smallest absolute Gasteiger partial charge is 0.246 e. The quantitative estimate of drug-likeness (QED) is 0.780. The van der Waals surface area contributed by atoms with Crippen molar-refractivity contribution in [1.29, 1.82) is 0 Å². The van der Waals surface area contributed by atoms with Gasteiger partial charge in [0.15, 0.2) is 0 Å². The maximum Gasteiger partial charge on any atom is 0.246 e. The van der Waals surface area contributed by atoms with Crippen molar-refractivity contribution in [3.8, 4) is 0 Å². The van der Waals surface area contributed by atoms with E-state index in [1.54, 1.807) is 0 Å². The van der Waals surface area contributed by atoms with Crippen molar-refractivity contribution >= 4 is 5.91 Å². The van der Waals surface area contributed by atoms with Gasteiger partial charge in [-0.05, 0) is 19.4 Å². The van der Waals surface area contributed by atoms with Crippen LogP contribution in [0, 0.1) is 0 Å². The first-order valence-corrected chi connectivity index (χ1v) is 5.78. The zero-order chi connectivity index (χ0) is 12.7. The van der Waals surface area contributed by atoms with E-state index in [1.807, 2.05) is 44.2 Å². The van der Waals surface area contributed by atoms with Crippen LogP contribution in [0.3, 0.4) is 0 Å². The molecule has 17 heavy (non-hydrogen) atoms. The van der Waals surface area contributed by atoms with Gasteiger partial charge in [-0.25, -0.2) is 0 Å². The van der Waals surface area contributed by atoms with Gasteiger partial charge in [-0.2, -0.15) is 0 Å². The van der Waals surface area contributed by atoms with Gasteiger partial charge in [0.2, 0.25) is 5.91 Å². The van der Waals surface area contributed by atoms with Crippen LogP contribution in [0.2, 0.25) is 0 Å². The second kappa shape index (κ2) is 7.04. The monoisotopic (exact) mass is 236 g/mol. The number of hydrogen-bond donors (Lipinski definition) is 2. The van der Waals surface area contributed by atoms with Crippen molar-refractivity contribution in [2.24, 2.45) is 5.73 Å². The molecule has 0 aliphatic heterocycles. The minimum Gasteiger partial charge on any atom is -0.369 e. The van der Waals surface area contributed by atoms with E-state index >= 15 is 0 Å². The molecule has 1 amide bonds. The zero-order valence-corrected chi connectivity index (χ0v) is 10.3. The fourth-order valence-electron chi connectivity index (χ4n) is 1.34. The van der Waals surface area contributed by atoms with Crippen LogP contribution in [-0.4, -0.2) is 25.2 Å². The van der Waals surface area contributed by atoms with E-state index in [-0.39, 0.29) is 24.7 Å². The van der Waals surface area contributed by atoms with Gasteiger partial charge in [-0.3, -0.25) is 4.79 Å². The van der Waals surface area contributed by atoms with Crippen molar-refractivity contribution in [2.45, 2.75) is 26.0 Å². The molecule has 0 radical (unpaired) electrons. The van der Waals surface area contributed by atoms with Crippen LogP contribution >= 0.6 is 0 Å². The molecule has 0 saturated carbocycles. The molecule has 4 heteroatoms. The predicted molar refractivity (Wildman–Crippen MR) is 67.5 cm³/mol. The summed E-state index contributed by atoms with van der Waals surface area (Å²) in [4.78, 5) is 11.4. The van der Waals surface area contributed by atoms with Crippen LogP contribution in [0.1, 0.15) is 25.5 Å². The lowest BCUT2D eigenvalue weighted by Gasteiger charge is -2.13. The first-order valence-electron chi connectivity index (χ1n) is 5.78. The highest BCUT2D eigenvalue weighted by Gasteiger charge is 2.08. The highest BCUT2D eigenvalue weighted by molar-refractivity contribution is 5.77. The molecule has 94 valence electrons. The zero-order valence-electron chi connectivity index (χ0n) is 10.3. The Kier molecular flexibility index (Phi) is 5.66. The Bertz CT molecular complexity index is 339. The average molecular weight is 236 g/mol. The minimum absolute atomic E-state index is 0.0588. The molecule has 4 nitrogen and oxygen atoms in total. The van der Waals surface area contributed by atoms with E-state index < -0.39 is 0 Å². The van der Waals surface area contributed by atoms with Crippen LogP contribution in [0.15, 0.2) is 30.3 Å². The topological polar surface area (TPSA) is 64.3 Å². The molecule has 0 aromatic heterocycles. The van der Waals surface area contributed by atoms with Crippen molar-refractivity contribution in [2.75, 3.05) is 13.2 Å². The second-order valence-electron chi connectivity index (χ2n) is 4.18. The molecule has 1 rings (SSSR count). The number of benzene rings is 1.